The zero-order valence-electron chi connectivity index (χ0n) is 15.2. The number of methoxy groups -OCH3 is 1. The minimum atomic E-state index is -1.54. The number of rotatable bonds is 5. The first-order valence-corrected chi connectivity index (χ1v) is 9.68. The van der Waals surface area contributed by atoms with E-state index < -0.39 is 5.79 Å². The predicted molar refractivity (Wildman–Crippen MR) is 106 cm³/mol. The second kappa shape index (κ2) is 7.79. The average molecular weight is 424 g/mol. The van der Waals surface area contributed by atoms with Crippen molar-refractivity contribution in [3.63, 3.8) is 0 Å². The number of anilines is 1. The number of carbonyl (C=O) groups excluding carboxylic acids is 1. The summed E-state index contributed by atoms with van der Waals surface area (Å²) < 4.78 is 22.7. The largest absolute Gasteiger partial charge is 0.493 e. The van der Waals surface area contributed by atoms with Crippen LogP contribution in [0.25, 0.3) is 0 Å². The van der Waals surface area contributed by atoms with Gasteiger partial charge >= 0.3 is 0 Å². The normalized spacial score (nSPS) is 17.7. The Kier molecular flexibility index (Phi) is 5.38. The molecule has 0 aromatic heterocycles. The van der Waals surface area contributed by atoms with Crippen molar-refractivity contribution < 1.29 is 23.7 Å². The Labute approximate surface area is 172 Å². The molecule has 148 valence electrons. The summed E-state index contributed by atoms with van der Waals surface area (Å²) in [4.78, 5) is 14.8. The number of halogens is 2. The van der Waals surface area contributed by atoms with Gasteiger partial charge in [-0.15, -0.1) is 0 Å². The Morgan fingerprint density at radius 3 is 2.46 bits per heavy atom. The molecule has 1 fully saturated rings. The van der Waals surface area contributed by atoms with Gasteiger partial charge in [-0.1, -0.05) is 35.3 Å². The van der Waals surface area contributed by atoms with Gasteiger partial charge < -0.3 is 23.8 Å². The number of hydrogen-bond acceptors (Lipinski definition) is 5. The lowest BCUT2D eigenvalue weighted by Gasteiger charge is -2.32. The van der Waals surface area contributed by atoms with E-state index >= 15 is 0 Å². The molecule has 0 saturated carbocycles. The van der Waals surface area contributed by atoms with Crippen LogP contribution < -0.4 is 14.4 Å². The van der Waals surface area contributed by atoms with Crippen molar-refractivity contribution in [1.29, 1.82) is 0 Å². The second-order valence-corrected chi connectivity index (χ2v) is 7.19. The molecule has 0 aliphatic carbocycles. The number of para-hydroxylation sites is 2. The lowest BCUT2D eigenvalue weighted by Crippen LogP contribution is -2.48. The summed E-state index contributed by atoms with van der Waals surface area (Å²) in [7, 11) is 1.58. The van der Waals surface area contributed by atoms with Gasteiger partial charge in [0.2, 0.25) is 0 Å². The van der Waals surface area contributed by atoms with E-state index in [0.29, 0.717) is 52.4 Å². The smallest absolute Gasteiger partial charge is 0.292 e. The van der Waals surface area contributed by atoms with Crippen LogP contribution in [-0.2, 0) is 20.1 Å². The quantitative estimate of drug-likeness (QED) is 0.726. The molecule has 8 heteroatoms. The summed E-state index contributed by atoms with van der Waals surface area (Å²) in [6.07, 6.45) is 0.708. The van der Waals surface area contributed by atoms with Gasteiger partial charge in [-0.25, -0.2) is 0 Å². The number of amides is 1. The topological polar surface area (TPSA) is 57.2 Å². The predicted octanol–water partition coefficient (Wildman–Crippen LogP) is 4.02. The van der Waals surface area contributed by atoms with Crippen molar-refractivity contribution in [3.8, 4) is 11.5 Å². The van der Waals surface area contributed by atoms with Crippen LogP contribution in [0.4, 0.5) is 5.69 Å². The molecule has 0 atom stereocenters. The number of nitrogens with zero attached hydrogens (tertiary/aromatic N) is 1. The van der Waals surface area contributed by atoms with Gasteiger partial charge in [0.05, 0.1) is 48.2 Å². The Morgan fingerprint density at radius 2 is 1.75 bits per heavy atom. The van der Waals surface area contributed by atoms with Crippen molar-refractivity contribution in [2.24, 2.45) is 0 Å². The Balaban J connectivity index is 1.61. The number of ether oxygens (including phenoxy) is 4. The molecule has 6 nitrogen and oxygen atoms in total. The first kappa shape index (κ1) is 19.3. The van der Waals surface area contributed by atoms with Crippen LogP contribution >= 0.6 is 23.2 Å². The highest BCUT2D eigenvalue weighted by atomic mass is 35.5. The van der Waals surface area contributed by atoms with E-state index in [4.69, 9.17) is 42.1 Å². The molecule has 4 rings (SSSR count). The molecule has 2 aliphatic rings. The van der Waals surface area contributed by atoms with E-state index in [-0.39, 0.29) is 19.1 Å². The van der Waals surface area contributed by atoms with Crippen molar-refractivity contribution in [3.05, 3.63) is 52.0 Å². The molecule has 1 saturated heterocycles. The number of carbonyl (C=O) groups is 1. The van der Waals surface area contributed by atoms with E-state index in [2.05, 4.69) is 0 Å². The second-order valence-electron chi connectivity index (χ2n) is 6.38. The van der Waals surface area contributed by atoms with Gasteiger partial charge in [-0.2, -0.15) is 0 Å². The molecule has 2 aliphatic heterocycles. The summed E-state index contributed by atoms with van der Waals surface area (Å²) >= 11 is 12.8. The van der Waals surface area contributed by atoms with Gasteiger partial charge in [0.15, 0.2) is 11.5 Å². The lowest BCUT2D eigenvalue weighted by molar-refractivity contribution is -0.256. The fourth-order valence-electron chi connectivity index (χ4n) is 3.50. The summed E-state index contributed by atoms with van der Waals surface area (Å²) in [5.74, 6) is -0.679. The van der Waals surface area contributed by atoms with E-state index in [1.54, 1.807) is 31.4 Å². The van der Waals surface area contributed by atoms with Crippen LogP contribution in [0.1, 0.15) is 12.0 Å². The number of benzene rings is 2. The van der Waals surface area contributed by atoms with Crippen LogP contribution in [-0.4, -0.2) is 39.4 Å². The summed E-state index contributed by atoms with van der Waals surface area (Å²) in [5.41, 5.74) is 0.966. The maximum absolute atomic E-state index is 13.3. The Hall–Kier alpha value is -1.99. The van der Waals surface area contributed by atoms with E-state index in [0.717, 1.165) is 0 Å². The molecule has 28 heavy (non-hydrogen) atoms. The molecular weight excluding hydrogens is 405 g/mol. The zero-order valence-corrected chi connectivity index (χ0v) is 16.8. The monoisotopic (exact) mass is 423 g/mol. The highest BCUT2D eigenvalue weighted by molar-refractivity contribution is 6.38. The molecule has 0 unspecified atom stereocenters. The Bertz CT molecular complexity index is 898. The van der Waals surface area contributed by atoms with Crippen LogP contribution in [0.2, 0.25) is 10.0 Å². The third kappa shape index (κ3) is 3.10. The summed E-state index contributed by atoms with van der Waals surface area (Å²) in [5, 5.41) is 0.780. The van der Waals surface area contributed by atoms with Crippen molar-refractivity contribution >= 4 is 34.8 Å². The molecule has 0 radical (unpaired) electrons. The van der Waals surface area contributed by atoms with Crippen LogP contribution in [0.15, 0.2) is 36.4 Å². The zero-order chi connectivity index (χ0) is 19.7. The van der Waals surface area contributed by atoms with Gasteiger partial charge in [0, 0.05) is 0 Å². The maximum Gasteiger partial charge on any atom is 0.292 e. The standard InChI is InChI=1S/C20H19Cl2NO5/c1-25-15-5-2-3-6-16(15)26-12-9-23-18-14(22)8-7-13(21)17(18)20(19(23)24)27-10-4-11-28-20/h2-3,5-8H,4,9-12H2,1H3. The molecular formula is C20H19Cl2NO5. The van der Waals surface area contributed by atoms with Crippen LogP contribution in [0.5, 0.6) is 11.5 Å². The molecule has 2 aromatic rings. The van der Waals surface area contributed by atoms with Gasteiger partial charge in [-0.05, 0) is 30.7 Å². The van der Waals surface area contributed by atoms with Crippen molar-refractivity contribution in [2.75, 3.05) is 38.4 Å². The first-order chi connectivity index (χ1) is 13.6. The number of fused-ring (bicyclic) bond motifs is 2. The fourth-order valence-corrected chi connectivity index (χ4v) is 4.04. The van der Waals surface area contributed by atoms with Crippen LogP contribution in [0, 0.1) is 0 Å². The van der Waals surface area contributed by atoms with Gasteiger partial charge in [0.1, 0.15) is 6.61 Å². The fraction of sp³-hybridized carbons (Fsp3) is 0.350. The SMILES string of the molecule is COc1ccccc1OCCN1C(=O)C2(OCCCO2)c2c(Cl)ccc(Cl)c21. The molecule has 1 spiro atoms. The number of hydrogen-bond donors (Lipinski definition) is 0. The van der Waals surface area contributed by atoms with Crippen molar-refractivity contribution in [2.45, 2.75) is 12.2 Å². The van der Waals surface area contributed by atoms with Crippen molar-refractivity contribution in [1.82, 2.24) is 0 Å². The molecule has 0 N–H and O–H groups in total. The first-order valence-electron chi connectivity index (χ1n) is 8.92. The van der Waals surface area contributed by atoms with Crippen LogP contribution in [0.3, 0.4) is 0 Å². The molecule has 1 amide bonds. The third-order valence-electron chi connectivity index (χ3n) is 4.74. The lowest BCUT2D eigenvalue weighted by atomic mass is 10.1. The van der Waals surface area contributed by atoms with Gasteiger partial charge in [0.25, 0.3) is 11.7 Å². The van der Waals surface area contributed by atoms with E-state index in [1.807, 2.05) is 12.1 Å². The maximum atomic E-state index is 13.3. The highest BCUT2D eigenvalue weighted by Crippen LogP contribution is 2.51. The molecule has 0 bridgehead atoms. The third-order valence-corrected chi connectivity index (χ3v) is 5.36. The molecule has 2 heterocycles. The minimum absolute atomic E-state index is 0.227. The summed E-state index contributed by atoms with van der Waals surface area (Å²) in [6, 6.07) is 10.6. The minimum Gasteiger partial charge on any atom is -0.493 e. The Morgan fingerprint density at radius 1 is 1.07 bits per heavy atom. The van der Waals surface area contributed by atoms with E-state index in [1.165, 1.54) is 4.90 Å². The summed E-state index contributed by atoms with van der Waals surface area (Å²) in [6.45, 7) is 1.28. The van der Waals surface area contributed by atoms with E-state index in [9.17, 15) is 4.79 Å². The average Bonchev–Trinajstić information content (AvgIpc) is 2.95. The molecule has 2 aromatic carbocycles. The van der Waals surface area contributed by atoms with Gasteiger partial charge in [-0.3, -0.25) is 4.79 Å². The highest BCUT2D eigenvalue weighted by Gasteiger charge is 2.56.